The molecule has 2 aliphatic heterocycles. The number of aromatic carboxylic acids is 1. The molecule has 132 valence electrons. The van der Waals surface area contributed by atoms with Gasteiger partial charge in [0.25, 0.3) is 0 Å². The normalized spacial score (nSPS) is 22.2. The Labute approximate surface area is 145 Å². The SMILES string of the molecule is CC1Sc2c(C(=O)O)c(=O)c3cc(F)c(N4CCC(N)C4)c(F)c3n21. The summed E-state index contributed by atoms with van der Waals surface area (Å²) < 4.78 is 31.3. The molecule has 2 atom stereocenters. The van der Waals surface area contributed by atoms with E-state index >= 15 is 4.39 Å². The monoisotopic (exact) mass is 367 g/mol. The number of rotatable bonds is 2. The Kier molecular flexibility index (Phi) is 3.55. The number of thioether (sulfide) groups is 1. The van der Waals surface area contributed by atoms with Crippen molar-refractivity contribution in [1.82, 2.24) is 4.57 Å². The molecule has 1 aromatic heterocycles. The van der Waals surface area contributed by atoms with Crippen molar-refractivity contribution >= 4 is 34.3 Å². The number of nitrogens with zero attached hydrogens (tertiary/aromatic N) is 2. The highest BCUT2D eigenvalue weighted by molar-refractivity contribution is 8.00. The minimum Gasteiger partial charge on any atom is -0.477 e. The van der Waals surface area contributed by atoms with Crippen LogP contribution in [0.5, 0.6) is 0 Å². The van der Waals surface area contributed by atoms with E-state index in [1.54, 1.807) is 6.92 Å². The first kappa shape index (κ1) is 16.3. The average molecular weight is 367 g/mol. The fourth-order valence-corrected chi connectivity index (χ4v) is 4.70. The Hall–Kier alpha value is -2.13. The lowest BCUT2D eigenvalue weighted by Gasteiger charge is -2.33. The summed E-state index contributed by atoms with van der Waals surface area (Å²) in [6.45, 7) is 2.52. The molecule has 2 unspecified atom stereocenters. The van der Waals surface area contributed by atoms with Gasteiger partial charge in [-0.3, -0.25) is 4.79 Å². The van der Waals surface area contributed by atoms with E-state index in [0.29, 0.717) is 19.5 Å². The molecule has 3 N–H and O–H groups in total. The van der Waals surface area contributed by atoms with Crippen LogP contribution in [0.1, 0.15) is 29.1 Å². The topological polar surface area (TPSA) is 88.6 Å². The molecule has 3 heterocycles. The van der Waals surface area contributed by atoms with Crippen molar-refractivity contribution in [3.8, 4) is 0 Å². The van der Waals surface area contributed by atoms with Crippen LogP contribution in [0.4, 0.5) is 14.5 Å². The maximum absolute atomic E-state index is 15.2. The summed E-state index contributed by atoms with van der Waals surface area (Å²) in [7, 11) is 0. The van der Waals surface area contributed by atoms with Crippen LogP contribution >= 0.6 is 11.8 Å². The molecule has 0 saturated carbocycles. The van der Waals surface area contributed by atoms with Gasteiger partial charge in [-0.2, -0.15) is 0 Å². The van der Waals surface area contributed by atoms with Crippen LogP contribution in [0, 0.1) is 11.6 Å². The lowest BCUT2D eigenvalue weighted by Crippen LogP contribution is -2.31. The van der Waals surface area contributed by atoms with E-state index in [1.807, 2.05) is 0 Å². The first-order chi connectivity index (χ1) is 11.8. The van der Waals surface area contributed by atoms with E-state index < -0.39 is 28.6 Å². The lowest BCUT2D eigenvalue weighted by molar-refractivity contribution is 0.0689. The zero-order valence-corrected chi connectivity index (χ0v) is 14.1. The molecule has 6 nitrogen and oxygen atoms in total. The minimum atomic E-state index is -1.40. The second-order valence-corrected chi connectivity index (χ2v) is 7.62. The smallest absolute Gasteiger partial charge is 0.342 e. The third-order valence-corrected chi connectivity index (χ3v) is 5.89. The van der Waals surface area contributed by atoms with Crippen LogP contribution in [0.15, 0.2) is 15.9 Å². The summed E-state index contributed by atoms with van der Waals surface area (Å²) >= 11 is 1.18. The minimum absolute atomic E-state index is 0.0480. The van der Waals surface area contributed by atoms with Gasteiger partial charge in [0.1, 0.15) is 17.1 Å². The van der Waals surface area contributed by atoms with Crippen molar-refractivity contribution in [2.45, 2.75) is 29.8 Å². The molecule has 1 fully saturated rings. The predicted molar refractivity (Wildman–Crippen MR) is 90.5 cm³/mol. The maximum Gasteiger partial charge on any atom is 0.342 e. The number of aromatic nitrogens is 1. The molecule has 1 saturated heterocycles. The fraction of sp³-hybridized carbons (Fsp3) is 0.375. The van der Waals surface area contributed by atoms with Gasteiger partial charge in [-0.1, -0.05) is 11.8 Å². The van der Waals surface area contributed by atoms with Gasteiger partial charge in [0.2, 0.25) is 5.43 Å². The highest BCUT2D eigenvalue weighted by Gasteiger charge is 2.36. The molecular formula is C16H15F2N3O3S. The molecule has 0 aliphatic carbocycles. The van der Waals surface area contributed by atoms with Crippen molar-refractivity contribution < 1.29 is 18.7 Å². The van der Waals surface area contributed by atoms with Crippen molar-refractivity contribution in [2.24, 2.45) is 5.73 Å². The van der Waals surface area contributed by atoms with Crippen molar-refractivity contribution in [1.29, 1.82) is 0 Å². The highest BCUT2D eigenvalue weighted by atomic mass is 32.2. The zero-order valence-electron chi connectivity index (χ0n) is 13.3. The summed E-state index contributed by atoms with van der Waals surface area (Å²) in [5, 5.41) is 9.01. The van der Waals surface area contributed by atoms with Crippen LogP contribution in [-0.4, -0.2) is 34.8 Å². The lowest BCUT2D eigenvalue weighted by atomic mass is 10.1. The number of fused-ring (bicyclic) bond motifs is 3. The molecule has 9 heteroatoms. The number of carbonyl (C=O) groups is 1. The molecular weight excluding hydrogens is 352 g/mol. The first-order valence-corrected chi connectivity index (χ1v) is 8.70. The largest absolute Gasteiger partial charge is 0.477 e. The Balaban J connectivity index is 2.07. The molecule has 1 aromatic carbocycles. The van der Waals surface area contributed by atoms with Gasteiger partial charge < -0.3 is 20.3 Å². The number of hydrogen-bond acceptors (Lipinski definition) is 5. The average Bonchev–Trinajstić information content (AvgIpc) is 2.94. The highest BCUT2D eigenvalue weighted by Crippen LogP contribution is 2.47. The van der Waals surface area contributed by atoms with Gasteiger partial charge in [0.05, 0.1) is 21.3 Å². The van der Waals surface area contributed by atoms with Gasteiger partial charge in [0, 0.05) is 19.1 Å². The Morgan fingerprint density at radius 1 is 1.44 bits per heavy atom. The van der Waals surface area contributed by atoms with Gasteiger partial charge in [-0.05, 0) is 19.4 Å². The summed E-state index contributed by atoms with van der Waals surface area (Å²) in [6, 6.07) is 0.777. The molecule has 25 heavy (non-hydrogen) atoms. The number of benzene rings is 1. The number of carboxylic acids is 1. The van der Waals surface area contributed by atoms with E-state index in [2.05, 4.69) is 0 Å². The second-order valence-electron chi connectivity index (χ2n) is 6.31. The van der Waals surface area contributed by atoms with E-state index in [4.69, 9.17) is 5.73 Å². The predicted octanol–water partition coefficient (Wildman–Crippen LogP) is 2.14. The van der Waals surface area contributed by atoms with E-state index in [-0.39, 0.29) is 33.0 Å². The fourth-order valence-electron chi connectivity index (χ4n) is 3.56. The Bertz CT molecular complexity index is 991. The van der Waals surface area contributed by atoms with Crippen LogP contribution in [0.25, 0.3) is 10.9 Å². The number of carboxylic acid groups (broad SMARTS) is 1. The summed E-state index contributed by atoms with van der Waals surface area (Å²) in [5.74, 6) is -3.12. The molecule has 0 radical (unpaired) electrons. The number of pyridine rings is 1. The summed E-state index contributed by atoms with van der Waals surface area (Å²) in [6.07, 6.45) is 0.624. The van der Waals surface area contributed by atoms with Crippen LogP contribution in [0.3, 0.4) is 0 Å². The van der Waals surface area contributed by atoms with Crippen molar-refractivity contribution in [3.05, 3.63) is 33.5 Å². The molecule has 4 rings (SSSR count). The first-order valence-electron chi connectivity index (χ1n) is 7.82. The third kappa shape index (κ3) is 2.18. The summed E-state index contributed by atoms with van der Waals surface area (Å²) in [5.41, 5.74) is 4.27. The maximum atomic E-state index is 15.2. The van der Waals surface area contributed by atoms with Crippen molar-refractivity contribution in [3.63, 3.8) is 0 Å². The standard InChI is InChI=1S/C16H15F2N3O3S/c1-6-21-12-8(14(22)10(16(23)24)15(21)25-6)4-9(17)13(11(12)18)20-3-2-7(19)5-20/h4,6-7H,2-3,5,19H2,1H3,(H,23,24). The van der Waals surface area contributed by atoms with Gasteiger partial charge in [-0.15, -0.1) is 0 Å². The van der Waals surface area contributed by atoms with Crippen LogP contribution < -0.4 is 16.1 Å². The van der Waals surface area contributed by atoms with Gasteiger partial charge in [-0.25, -0.2) is 13.6 Å². The molecule has 2 aliphatic rings. The summed E-state index contributed by atoms with van der Waals surface area (Å²) in [4.78, 5) is 25.5. The zero-order chi connectivity index (χ0) is 18.0. The number of anilines is 1. The molecule has 0 amide bonds. The van der Waals surface area contributed by atoms with Crippen LogP contribution in [0.2, 0.25) is 0 Å². The Morgan fingerprint density at radius 2 is 2.16 bits per heavy atom. The molecule has 2 aromatic rings. The Morgan fingerprint density at radius 3 is 2.72 bits per heavy atom. The van der Waals surface area contributed by atoms with Crippen LogP contribution in [-0.2, 0) is 0 Å². The quantitative estimate of drug-likeness (QED) is 0.846. The number of hydrogen-bond donors (Lipinski definition) is 2. The third-order valence-electron chi connectivity index (χ3n) is 4.71. The van der Waals surface area contributed by atoms with Gasteiger partial charge in [0.15, 0.2) is 5.82 Å². The second kappa shape index (κ2) is 5.43. The molecule has 0 spiro atoms. The number of nitrogens with two attached hydrogens (primary N) is 1. The van der Waals surface area contributed by atoms with E-state index in [1.165, 1.54) is 21.2 Å². The van der Waals surface area contributed by atoms with E-state index in [9.17, 15) is 19.1 Å². The van der Waals surface area contributed by atoms with Gasteiger partial charge >= 0.3 is 5.97 Å². The van der Waals surface area contributed by atoms with E-state index in [0.717, 1.165) is 6.07 Å². The molecule has 0 bridgehead atoms. The van der Waals surface area contributed by atoms with Crippen molar-refractivity contribution in [2.75, 3.05) is 18.0 Å². The number of halogens is 2.